The third-order valence-corrected chi connectivity index (χ3v) is 8.44. The molecule has 2 N–H and O–H groups in total. The van der Waals surface area contributed by atoms with Crippen molar-refractivity contribution in [3.05, 3.63) is 69.9 Å². The summed E-state index contributed by atoms with van der Waals surface area (Å²) in [6, 6.07) is 14.9. The lowest BCUT2D eigenvalue weighted by Crippen LogP contribution is -2.39. The highest BCUT2D eigenvalue weighted by Crippen LogP contribution is 2.41. The molecule has 0 radical (unpaired) electrons. The first kappa shape index (κ1) is 28.4. The van der Waals surface area contributed by atoms with Crippen molar-refractivity contribution in [2.75, 3.05) is 11.4 Å². The van der Waals surface area contributed by atoms with Crippen LogP contribution in [0.3, 0.4) is 0 Å². The van der Waals surface area contributed by atoms with Gasteiger partial charge in [-0.3, -0.25) is 9.59 Å². The largest absolute Gasteiger partial charge is 0.508 e. The maximum Gasteiger partial charge on any atom is 0.288 e. The number of benzene rings is 2. The molecule has 0 bridgehead atoms. The van der Waals surface area contributed by atoms with Gasteiger partial charge in [0, 0.05) is 47.2 Å². The zero-order chi connectivity index (χ0) is 28.0. The second-order valence-corrected chi connectivity index (χ2v) is 12.1. The van der Waals surface area contributed by atoms with Crippen LogP contribution in [-0.2, 0) is 11.3 Å². The minimum absolute atomic E-state index is 0.0730. The maximum absolute atomic E-state index is 12.4. The first-order chi connectivity index (χ1) is 18.6. The molecule has 0 spiro atoms. The number of amides is 2. The summed E-state index contributed by atoms with van der Waals surface area (Å²) in [6.07, 6.45) is 4.46. The number of phenols is 1. The third-order valence-electron chi connectivity index (χ3n) is 7.56. The zero-order valence-electron chi connectivity index (χ0n) is 22.7. The van der Waals surface area contributed by atoms with E-state index in [0.717, 1.165) is 34.8 Å². The summed E-state index contributed by atoms with van der Waals surface area (Å²) in [4.78, 5) is 41.1. The van der Waals surface area contributed by atoms with E-state index in [0.29, 0.717) is 29.5 Å². The van der Waals surface area contributed by atoms with Crippen molar-refractivity contribution in [3.8, 4) is 17.0 Å². The van der Waals surface area contributed by atoms with Gasteiger partial charge in [0.2, 0.25) is 0 Å². The van der Waals surface area contributed by atoms with Crippen LogP contribution >= 0.6 is 11.3 Å². The van der Waals surface area contributed by atoms with Gasteiger partial charge in [-0.25, -0.2) is 4.98 Å². The molecule has 39 heavy (non-hydrogen) atoms. The summed E-state index contributed by atoms with van der Waals surface area (Å²) in [5.41, 5.74) is 3.72. The van der Waals surface area contributed by atoms with E-state index in [1.165, 1.54) is 12.8 Å². The summed E-state index contributed by atoms with van der Waals surface area (Å²) in [7, 11) is 0. The predicted octanol–water partition coefficient (Wildman–Crippen LogP) is 6.54. The average molecular weight is 549 g/mol. The van der Waals surface area contributed by atoms with Crippen LogP contribution in [0.1, 0.15) is 68.8 Å². The number of aromatic nitrogens is 1. The quantitative estimate of drug-likeness (QED) is 0.294. The number of hydrogen-bond acceptors (Lipinski definition) is 7. The van der Waals surface area contributed by atoms with Gasteiger partial charge in [-0.05, 0) is 79.0 Å². The van der Waals surface area contributed by atoms with Gasteiger partial charge < -0.3 is 15.3 Å². The van der Waals surface area contributed by atoms with Crippen LogP contribution < -0.4 is 10.2 Å². The number of nitrogens with zero attached hydrogens (tertiary/aromatic N) is 3. The van der Waals surface area contributed by atoms with Crippen LogP contribution in [0.15, 0.2) is 59.1 Å². The molecule has 0 atom stereocenters. The van der Waals surface area contributed by atoms with Crippen molar-refractivity contribution >= 4 is 28.3 Å². The molecule has 1 aliphatic rings. The number of carbonyl (C=O) groups is 2. The maximum atomic E-state index is 12.4. The van der Waals surface area contributed by atoms with Gasteiger partial charge in [0.15, 0.2) is 5.13 Å². The van der Waals surface area contributed by atoms with Crippen molar-refractivity contribution in [2.24, 2.45) is 16.5 Å². The van der Waals surface area contributed by atoms with E-state index in [-0.39, 0.29) is 24.6 Å². The molecule has 3 aromatic rings. The highest BCUT2D eigenvalue weighted by Gasteiger charge is 2.33. The smallest absolute Gasteiger partial charge is 0.288 e. The fourth-order valence-corrected chi connectivity index (χ4v) is 6.06. The zero-order valence-corrected chi connectivity index (χ0v) is 23.5. The monoisotopic (exact) mass is 548 g/mol. The van der Waals surface area contributed by atoms with Gasteiger partial charge in [0.05, 0.1) is 5.69 Å². The standard InChI is InChI=1S/C30H36N4O4S/c1-30(2,3)23-10-12-24(13-11-23)34(29-32-26(19-39-29)21-8-14-25(35)15-9-21)18-20-4-6-22(7-5-20)28(37)31-17-16-27(36)33-38/h4-9,14-15,19,23-24,35H,10-13,16-18H2,1-3H3,(H,31,37). The molecule has 8 nitrogen and oxygen atoms in total. The van der Waals surface area contributed by atoms with Crippen molar-refractivity contribution < 1.29 is 14.7 Å². The SMILES string of the molecule is CC(C)(C)C1CCC(N(Cc2ccc(C(=O)NCCC(=O)N=O)cc2)c2nc(-c3ccc(O)cc3)cs2)CC1. The van der Waals surface area contributed by atoms with E-state index >= 15 is 0 Å². The predicted molar refractivity (Wildman–Crippen MR) is 155 cm³/mol. The van der Waals surface area contributed by atoms with Gasteiger partial charge in [-0.15, -0.1) is 16.2 Å². The summed E-state index contributed by atoms with van der Waals surface area (Å²) >= 11 is 1.63. The molecule has 0 aliphatic heterocycles. The Morgan fingerprint density at radius 1 is 1.05 bits per heavy atom. The van der Waals surface area contributed by atoms with Crippen molar-refractivity contribution in [1.82, 2.24) is 10.3 Å². The van der Waals surface area contributed by atoms with Crippen molar-refractivity contribution in [1.29, 1.82) is 0 Å². The number of rotatable bonds is 9. The number of phenolic OH excluding ortho intramolecular Hbond substituents is 1. The van der Waals surface area contributed by atoms with Crippen LogP contribution in [-0.4, -0.2) is 34.5 Å². The second-order valence-electron chi connectivity index (χ2n) is 11.2. The molecule has 1 fully saturated rings. The second kappa shape index (κ2) is 12.5. The Morgan fingerprint density at radius 2 is 1.72 bits per heavy atom. The normalized spacial score (nSPS) is 17.4. The summed E-state index contributed by atoms with van der Waals surface area (Å²) in [5, 5.41) is 17.7. The summed E-state index contributed by atoms with van der Waals surface area (Å²) in [6.45, 7) is 7.73. The molecule has 0 unspecified atom stereocenters. The number of carbonyl (C=O) groups excluding carboxylic acids is 2. The molecular weight excluding hydrogens is 512 g/mol. The molecule has 4 rings (SSSR count). The molecule has 1 saturated carbocycles. The number of hydrogen-bond donors (Lipinski definition) is 2. The van der Waals surface area contributed by atoms with Gasteiger partial charge >= 0.3 is 0 Å². The van der Waals surface area contributed by atoms with Crippen LogP contribution in [0.5, 0.6) is 5.75 Å². The first-order valence-corrected chi connectivity index (χ1v) is 14.3. The van der Waals surface area contributed by atoms with Crippen molar-refractivity contribution in [2.45, 2.75) is 65.5 Å². The molecule has 2 aromatic carbocycles. The molecule has 2 amide bonds. The minimum atomic E-state index is -0.780. The molecule has 9 heteroatoms. The number of nitrogens with one attached hydrogen (secondary N) is 1. The fraction of sp³-hybridized carbons (Fsp3) is 0.433. The van der Waals surface area contributed by atoms with E-state index < -0.39 is 5.91 Å². The Labute approximate surface area is 233 Å². The van der Waals surface area contributed by atoms with Gasteiger partial charge in [0.1, 0.15) is 5.75 Å². The van der Waals surface area contributed by atoms with Crippen molar-refractivity contribution in [3.63, 3.8) is 0 Å². The molecule has 206 valence electrons. The Balaban J connectivity index is 1.50. The van der Waals surface area contributed by atoms with E-state index in [1.54, 1.807) is 35.6 Å². The highest BCUT2D eigenvalue weighted by atomic mass is 32.1. The first-order valence-electron chi connectivity index (χ1n) is 13.4. The van der Waals surface area contributed by atoms with Crippen LogP contribution in [0.2, 0.25) is 0 Å². The van der Waals surface area contributed by atoms with E-state index in [4.69, 9.17) is 4.98 Å². The number of anilines is 1. The third kappa shape index (κ3) is 7.50. The Hall–Kier alpha value is -3.59. The Bertz CT molecular complexity index is 1270. The Morgan fingerprint density at radius 3 is 2.33 bits per heavy atom. The molecular formula is C30H36N4O4S. The molecule has 1 aliphatic carbocycles. The van der Waals surface area contributed by atoms with Gasteiger partial charge in [-0.2, -0.15) is 0 Å². The lowest BCUT2D eigenvalue weighted by Gasteiger charge is -2.41. The number of thiazole rings is 1. The Kier molecular flexibility index (Phi) is 9.12. The van der Waals surface area contributed by atoms with E-state index in [1.807, 2.05) is 24.3 Å². The molecule has 1 aromatic heterocycles. The highest BCUT2D eigenvalue weighted by molar-refractivity contribution is 7.14. The number of nitroso groups, excluding NO2 is 1. The van der Waals surface area contributed by atoms with Gasteiger partial charge in [0.25, 0.3) is 11.8 Å². The lowest BCUT2D eigenvalue weighted by atomic mass is 9.71. The fourth-order valence-electron chi connectivity index (χ4n) is 5.16. The average Bonchev–Trinajstić information content (AvgIpc) is 3.42. The summed E-state index contributed by atoms with van der Waals surface area (Å²) in [5.74, 6) is -0.140. The minimum Gasteiger partial charge on any atom is -0.508 e. The molecule has 0 saturated heterocycles. The summed E-state index contributed by atoms with van der Waals surface area (Å²) < 4.78 is 0. The van der Waals surface area contributed by atoms with Crippen LogP contribution in [0.25, 0.3) is 11.3 Å². The van der Waals surface area contributed by atoms with Crippen LogP contribution in [0, 0.1) is 16.2 Å². The number of aromatic hydroxyl groups is 1. The lowest BCUT2D eigenvalue weighted by molar-refractivity contribution is -0.117. The van der Waals surface area contributed by atoms with Crippen LogP contribution in [0.4, 0.5) is 5.13 Å². The molecule has 1 heterocycles. The van der Waals surface area contributed by atoms with Gasteiger partial charge in [-0.1, -0.05) is 32.9 Å². The van der Waals surface area contributed by atoms with E-state index in [2.05, 4.69) is 41.5 Å². The van der Waals surface area contributed by atoms with E-state index in [9.17, 15) is 19.6 Å². The topological polar surface area (TPSA) is 112 Å².